The predicted molar refractivity (Wildman–Crippen MR) is 70.4 cm³/mol. The van der Waals surface area contributed by atoms with Crippen LogP contribution in [0.4, 0.5) is 0 Å². The second kappa shape index (κ2) is 5.93. The molecular weight excluding hydrogens is 246 g/mol. The lowest BCUT2D eigenvalue weighted by molar-refractivity contribution is 0.0715. The second-order valence-electron chi connectivity index (χ2n) is 4.81. The molecule has 0 saturated heterocycles. The van der Waals surface area contributed by atoms with Crippen LogP contribution in [0.2, 0.25) is 0 Å². The number of aliphatic hydroxyl groups excluding tert-OH is 1. The average Bonchev–Trinajstić information content (AvgIpc) is 2.41. The third kappa shape index (κ3) is 3.17. The number of hydrogen-bond acceptors (Lipinski definition) is 4. The molecule has 0 unspecified atom stereocenters. The van der Waals surface area contributed by atoms with Gasteiger partial charge in [-0.2, -0.15) is 0 Å². The van der Waals surface area contributed by atoms with Gasteiger partial charge in [-0.1, -0.05) is 12.8 Å². The molecule has 1 aromatic carbocycles. The van der Waals surface area contributed by atoms with Crippen molar-refractivity contribution in [3.8, 4) is 11.5 Å². The fraction of sp³-hybridized carbons (Fsp3) is 0.500. The van der Waals surface area contributed by atoms with Gasteiger partial charge in [-0.05, 0) is 25.0 Å². The summed E-state index contributed by atoms with van der Waals surface area (Å²) in [6.45, 7) is 0. The third-order valence-corrected chi connectivity index (χ3v) is 3.50. The number of phenols is 1. The Labute approximate surface area is 112 Å². The zero-order valence-corrected chi connectivity index (χ0v) is 10.9. The maximum Gasteiger partial charge on any atom is 0.255 e. The quantitative estimate of drug-likeness (QED) is 0.772. The number of rotatable bonds is 3. The summed E-state index contributed by atoms with van der Waals surface area (Å²) in [6.07, 6.45) is 2.96. The van der Waals surface area contributed by atoms with E-state index in [0.29, 0.717) is 12.2 Å². The summed E-state index contributed by atoms with van der Waals surface area (Å²) in [7, 11) is 1.49. The van der Waals surface area contributed by atoms with E-state index in [1.54, 1.807) is 6.07 Å². The molecule has 19 heavy (non-hydrogen) atoms. The van der Waals surface area contributed by atoms with Gasteiger partial charge in [-0.15, -0.1) is 0 Å². The summed E-state index contributed by atoms with van der Waals surface area (Å²) in [5, 5.41) is 22.4. The molecule has 1 aliphatic carbocycles. The van der Waals surface area contributed by atoms with Crippen molar-refractivity contribution in [2.75, 3.05) is 7.11 Å². The molecule has 0 heterocycles. The number of ether oxygens (including phenoxy) is 1. The van der Waals surface area contributed by atoms with Gasteiger partial charge in [0.05, 0.1) is 24.8 Å². The van der Waals surface area contributed by atoms with Crippen LogP contribution in [0.3, 0.4) is 0 Å². The van der Waals surface area contributed by atoms with Gasteiger partial charge in [0.25, 0.3) is 5.91 Å². The van der Waals surface area contributed by atoms with Crippen molar-refractivity contribution >= 4 is 5.91 Å². The number of carbonyl (C=O) groups excluding carboxylic acids is 1. The molecule has 1 fully saturated rings. The molecular formula is C14H19NO4. The average molecular weight is 265 g/mol. The van der Waals surface area contributed by atoms with Crippen LogP contribution in [-0.2, 0) is 0 Å². The van der Waals surface area contributed by atoms with E-state index in [1.807, 2.05) is 0 Å². The third-order valence-electron chi connectivity index (χ3n) is 3.50. The van der Waals surface area contributed by atoms with Crippen molar-refractivity contribution in [1.29, 1.82) is 0 Å². The van der Waals surface area contributed by atoms with Crippen molar-refractivity contribution in [2.24, 2.45) is 0 Å². The molecule has 104 valence electrons. The van der Waals surface area contributed by atoms with Crippen LogP contribution in [-0.4, -0.2) is 35.4 Å². The SMILES string of the molecule is COc1ccc(C(=O)N[C@@H]2CCCC[C@H]2O)c(O)c1. The second-order valence-corrected chi connectivity index (χ2v) is 4.81. The first kappa shape index (κ1) is 13.7. The Morgan fingerprint density at radius 1 is 1.37 bits per heavy atom. The highest BCUT2D eigenvalue weighted by Crippen LogP contribution is 2.24. The Kier molecular flexibility index (Phi) is 4.27. The number of carbonyl (C=O) groups is 1. The Morgan fingerprint density at radius 3 is 2.74 bits per heavy atom. The van der Waals surface area contributed by atoms with Crippen LogP contribution in [0.15, 0.2) is 18.2 Å². The summed E-state index contributed by atoms with van der Waals surface area (Å²) < 4.78 is 4.97. The van der Waals surface area contributed by atoms with Crippen molar-refractivity contribution in [3.63, 3.8) is 0 Å². The molecule has 5 heteroatoms. The van der Waals surface area contributed by atoms with Gasteiger partial charge in [0.2, 0.25) is 0 Å². The van der Waals surface area contributed by atoms with Gasteiger partial charge < -0.3 is 20.3 Å². The molecule has 0 bridgehead atoms. The van der Waals surface area contributed by atoms with Crippen LogP contribution in [0.5, 0.6) is 11.5 Å². The topological polar surface area (TPSA) is 78.8 Å². The number of methoxy groups -OCH3 is 1. The lowest BCUT2D eigenvalue weighted by Gasteiger charge is -2.28. The first-order chi connectivity index (χ1) is 9.11. The Balaban J connectivity index is 2.07. The Morgan fingerprint density at radius 2 is 2.11 bits per heavy atom. The molecule has 0 radical (unpaired) electrons. The molecule has 0 aliphatic heterocycles. The molecule has 1 aliphatic rings. The number of aromatic hydroxyl groups is 1. The van der Waals surface area contributed by atoms with E-state index < -0.39 is 6.10 Å². The van der Waals surface area contributed by atoms with Gasteiger partial charge in [0.15, 0.2) is 0 Å². The van der Waals surface area contributed by atoms with Gasteiger partial charge >= 0.3 is 0 Å². The van der Waals surface area contributed by atoms with Crippen molar-refractivity contribution < 1.29 is 19.7 Å². The normalized spacial score (nSPS) is 22.8. The predicted octanol–water partition coefficient (Wildman–Crippen LogP) is 1.43. The van der Waals surface area contributed by atoms with Crippen LogP contribution >= 0.6 is 0 Å². The van der Waals surface area contributed by atoms with E-state index in [4.69, 9.17) is 4.74 Å². The van der Waals surface area contributed by atoms with E-state index in [2.05, 4.69) is 5.32 Å². The summed E-state index contributed by atoms with van der Waals surface area (Å²) in [5.41, 5.74) is 0.193. The summed E-state index contributed by atoms with van der Waals surface area (Å²) in [4.78, 5) is 12.1. The van der Waals surface area contributed by atoms with Crippen LogP contribution in [0.25, 0.3) is 0 Å². The van der Waals surface area contributed by atoms with Gasteiger partial charge in [0, 0.05) is 6.07 Å². The summed E-state index contributed by atoms with van der Waals surface area (Å²) in [6, 6.07) is 4.29. The van der Waals surface area contributed by atoms with Crippen LogP contribution < -0.4 is 10.1 Å². The minimum atomic E-state index is -0.502. The first-order valence-corrected chi connectivity index (χ1v) is 6.47. The van der Waals surface area contributed by atoms with E-state index in [-0.39, 0.29) is 23.3 Å². The highest BCUT2D eigenvalue weighted by atomic mass is 16.5. The Hall–Kier alpha value is -1.75. The van der Waals surface area contributed by atoms with Gasteiger partial charge in [0.1, 0.15) is 11.5 Å². The largest absolute Gasteiger partial charge is 0.507 e. The fourth-order valence-electron chi connectivity index (χ4n) is 2.36. The molecule has 2 rings (SSSR count). The van der Waals surface area contributed by atoms with Crippen molar-refractivity contribution in [3.05, 3.63) is 23.8 Å². The van der Waals surface area contributed by atoms with Crippen LogP contribution in [0, 0.1) is 0 Å². The summed E-state index contributed by atoms with van der Waals surface area (Å²) >= 11 is 0. The first-order valence-electron chi connectivity index (χ1n) is 6.47. The molecule has 1 amide bonds. The maximum absolute atomic E-state index is 12.1. The highest BCUT2D eigenvalue weighted by molar-refractivity contribution is 5.97. The monoisotopic (exact) mass is 265 g/mol. The lowest BCUT2D eigenvalue weighted by Crippen LogP contribution is -2.45. The number of hydrogen-bond donors (Lipinski definition) is 3. The Bertz CT molecular complexity index is 461. The van der Waals surface area contributed by atoms with Crippen LogP contribution in [0.1, 0.15) is 36.0 Å². The lowest BCUT2D eigenvalue weighted by atomic mass is 9.92. The van der Waals surface area contributed by atoms with Crippen molar-refractivity contribution in [1.82, 2.24) is 5.32 Å². The number of phenolic OH excluding ortho intramolecular Hbond substituents is 1. The molecule has 1 saturated carbocycles. The van der Waals surface area contributed by atoms with E-state index >= 15 is 0 Å². The maximum atomic E-state index is 12.1. The number of aliphatic hydroxyl groups is 1. The molecule has 0 aromatic heterocycles. The number of nitrogens with one attached hydrogen (secondary N) is 1. The molecule has 0 spiro atoms. The summed E-state index contributed by atoms with van der Waals surface area (Å²) in [5.74, 6) is 0.00000315. The van der Waals surface area contributed by atoms with E-state index in [9.17, 15) is 15.0 Å². The molecule has 5 nitrogen and oxygen atoms in total. The molecule has 3 N–H and O–H groups in total. The highest BCUT2D eigenvalue weighted by Gasteiger charge is 2.25. The van der Waals surface area contributed by atoms with Crippen molar-refractivity contribution in [2.45, 2.75) is 37.8 Å². The minimum Gasteiger partial charge on any atom is -0.507 e. The zero-order chi connectivity index (χ0) is 13.8. The molecule has 2 atom stereocenters. The van der Waals surface area contributed by atoms with Gasteiger partial charge in [-0.3, -0.25) is 4.79 Å². The van der Waals surface area contributed by atoms with E-state index in [1.165, 1.54) is 19.2 Å². The minimum absolute atomic E-state index is 0.123. The fourth-order valence-corrected chi connectivity index (χ4v) is 2.36. The number of amides is 1. The zero-order valence-electron chi connectivity index (χ0n) is 10.9. The standard InChI is InChI=1S/C14H19NO4/c1-19-9-6-7-10(13(17)8-9)14(18)15-11-4-2-3-5-12(11)16/h6-8,11-12,16-17H,2-5H2,1H3,(H,15,18)/t11-,12-/m1/s1. The van der Waals surface area contributed by atoms with E-state index in [0.717, 1.165) is 19.3 Å². The molecule has 1 aromatic rings. The smallest absolute Gasteiger partial charge is 0.255 e. The van der Waals surface area contributed by atoms with Gasteiger partial charge in [-0.25, -0.2) is 0 Å². The number of benzene rings is 1.